The summed E-state index contributed by atoms with van der Waals surface area (Å²) >= 11 is 9.52. The van der Waals surface area contributed by atoms with Gasteiger partial charge in [0.15, 0.2) is 0 Å². The van der Waals surface area contributed by atoms with Gasteiger partial charge in [0.1, 0.15) is 0 Å². The minimum absolute atomic E-state index is 0.0726. The first-order valence-corrected chi connectivity index (χ1v) is 8.20. The van der Waals surface area contributed by atoms with E-state index in [0.717, 1.165) is 10.2 Å². The molecule has 0 fully saturated rings. The van der Waals surface area contributed by atoms with Crippen LogP contribution in [0.5, 0.6) is 0 Å². The van der Waals surface area contributed by atoms with Crippen molar-refractivity contribution in [3.05, 3.63) is 63.1 Å². The molecule has 0 aliphatic rings. The Bertz CT molecular complexity index is 596. The van der Waals surface area contributed by atoms with Crippen molar-refractivity contribution in [2.45, 2.75) is 25.8 Å². The summed E-state index contributed by atoms with van der Waals surface area (Å²) in [7, 11) is 0. The Hall–Kier alpha value is -1.03. The van der Waals surface area contributed by atoms with Crippen molar-refractivity contribution in [2.75, 3.05) is 11.9 Å². The number of hydrogen-bond acceptors (Lipinski definition) is 2. The molecule has 1 unspecified atom stereocenters. The van der Waals surface area contributed by atoms with Crippen molar-refractivity contribution in [3.63, 3.8) is 0 Å². The highest BCUT2D eigenvalue weighted by Gasteiger charge is 2.11. The number of anilines is 1. The van der Waals surface area contributed by atoms with E-state index in [0.29, 0.717) is 17.5 Å². The van der Waals surface area contributed by atoms with Crippen LogP contribution in [-0.2, 0) is 0 Å². The van der Waals surface area contributed by atoms with Crippen LogP contribution in [0.2, 0.25) is 5.02 Å². The zero-order chi connectivity index (χ0) is 15.4. The van der Waals surface area contributed by atoms with Crippen LogP contribution in [0, 0.1) is 0 Å². The second-order valence-corrected chi connectivity index (χ2v) is 6.64. The lowest BCUT2D eigenvalue weighted by molar-refractivity contribution is 0.786. The van der Waals surface area contributed by atoms with Crippen LogP contribution in [0.1, 0.15) is 36.9 Å². The molecule has 2 aromatic rings. The number of benzene rings is 2. The molecule has 112 valence electrons. The molecule has 21 heavy (non-hydrogen) atoms. The third-order valence-electron chi connectivity index (χ3n) is 3.50. The molecule has 2 rings (SSSR count). The van der Waals surface area contributed by atoms with Gasteiger partial charge in [0.25, 0.3) is 0 Å². The van der Waals surface area contributed by atoms with Crippen molar-refractivity contribution in [3.8, 4) is 0 Å². The molecule has 0 aliphatic carbocycles. The molecule has 4 heteroatoms. The van der Waals surface area contributed by atoms with Crippen molar-refractivity contribution in [2.24, 2.45) is 5.73 Å². The number of nitrogens with one attached hydrogen (secondary N) is 1. The second-order valence-electron chi connectivity index (χ2n) is 5.38. The maximum Gasteiger partial charge on any atom is 0.0636 e. The minimum Gasteiger partial charge on any atom is -0.377 e. The van der Waals surface area contributed by atoms with Crippen LogP contribution in [0.25, 0.3) is 0 Å². The Morgan fingerprint density at radius 3 is 2.24 bits per heavy atom. The van der Waals surface area contributed by atoms with Crippen molar-refractivity contribution >= 4 is 33.2 Å². The summed E-state index contributed by atoms with van der Waals surface area (Å²) in [6, 6.07) is 14.5. The molecule has 2 nitrogen and oxygen atoms in total. The van der Waals surface area contributed by atoms with Gasteiger partial charge in [-0.25, -0.2) is 0 Å². The first kappa shape index (κ1) is 16.3. The predicted molar refractivity (Wildman–Crippen MR) is 95.1 cm³/mol. The molecule has 0 spiro atoms. The summed E-state index contributed by atoms with van der Waals surface area (Å²) in [6.45, 7) is 4.91. The van der Waals surface area contributed by atoms with Gasteiger partial charge < -0.3 is 11.1 Å². The molecule has 0 aromatic heterocycles. The van der Waals surface area contributed by atoms with Crippen molar-refractivity contribution < 1.29 is 0 Å². The van der Waals surface area contributed by atoms with E-state index in [2.05, 4.69) is 59.4 Å². The lowest BCUT2D eigenvalue weighted by Gasteiger charge is -2.19. The molecule has 3 N–H and O–H groups in total. The van der Waals surface area contributed by atoms with Crippen LogP contribution in [-0.4, -0.2) is 6.54 Å². The molecule has 2 aromatic carbocycles. The largest absolute Gasteiger partial charge is 0.377 e. The highest BCUT2D eigenvalue weighted by Crippen LogP contribution is 2.28. The first-order chi connectivity index (χ1) is 10.0. The van der Waals surface area contributed by atoms with Crippen LogP contribution in [0.15, 0.2) is 46.9 Å². The molecule has 0 aliphatic heterocycles. The monoisotopic (exact) mass is 366 g/mol. The van der Waals surface area contributed by atoms with Gasteiger partial charge in [0.05, 0.1) is 11.1 Å². The number of halogens is 2. The summed E-state index contributed by atoms with van der Waals surface area (Å²) in [5.41, 5.74) is 9.39. The number of nitrogens with two attached hydrogens (primary N) is 1. The highest BCUT2D eigenvalue weighted by molar-refractivity contribution is 9.10. The minimum atomic E-state index is 0.0726. The van der Waals surface area contributed by atoms with Gasteiger partial charge in [-0.1, -0.05) is 49.7 Å². The lowest BCUT2D eigenvalue weighted by Crippen LogP contribution is -2.20. The van der Waals surface area contributed by atoms with Gasteiger partial charge in [0.2, 0.25) is 0 Å². The molecule has 0 amide bonds. The summed E-state index contributed by atoms with van der Waals surface area (Å²) in [5.74, 6) is 0.536. The molecule has 1 atom stereocenters. The Balaban J connectivity index is 2.17. The van der Waals surface area contributed by atoms with E-state index < -0.39 is 0 Å². The summed E-state index contributed by atoms with van der Waals surface area (Å²) in [5, 5.41) is 4.12. The topological polar surface area (TPSA) is 38.0 Å². The molecular formula is C17H20BrClN2. The summed E-state index contributed by atoms with van der Waals surface area (Å²) in [4.78, 5) is 0. The van der Waals surface area contributed by atoms with Gasteiger partial charge >= 0.3 is 0 Å². The molecular weight excluding hydrogens is 348 g/mol. The van der Waals surface area contributed by atoms with E-state index >= 15 is 0 Å². The number of rotatable bonds is 5. The Morgan fingerprint density at radius 1 is 1.10 bits per heavy atom. The maximum atomic E-state index is 6.12. The highest BCUT2D eigenvalue weighted by atomic mass is 79.9. The van der Waals surface area contributed by atoms with Gasteiger partial charge in [-0.05, 0) is 51.2 Å². The van der Waals surface area contributed by atoms with Crippen LogP contribution in [0.4, 0.5) is 5.69 Å². The Labute approximate surface area is 139 Å². The summed E-state index contributed by atoms with van der Waals surface area (Å²) in [6.07, 6.45) is 0. The molecule has 0 saturated carbocycles. The van der Waals surface area contributed by atoms with E-state index in [1.165, 1.54) is 11.1 Å². The van der Waals surface area contributed by atoms with Crippen molar-refractivity contribution in [1.29, 1.82) is 0 Å². The second kappa shape index (κ2) is 7.30. The van der Waals surface area contributed by atoms with E-state index in [-0.39, 0.29) is 6.04 Å². The normalized spacial score (nSPS) is 12.5. The summed E-state index contributed by atoms with van der Waals surface area (Å²) < 4.78 is 0.889. The Kier molecular flexibility index (Phi) is 5.68. The number of hydrogen-bond donors (Lipinski definition) is 2. The van der Waals surface area contributed by atoms with Crippen LogP contribution in [0.3, 0.4) is 0 Å². The fraction of sp³-hybridized carbons (Fsp3) is 0.294. The average Bonchev–Trinajstić information content (AvgIpc) is 2.48. The average molecular weight is 368 g/mol. The van der Waals surface area contributed by atoms with Gasteiger partial charge in [0, 0.05) is 16.7 Å². The molecule has 0 heterocycles. The van der Waals surface area contributed by atoms with E-state index in [9.17, 15) is 0 Å². The van der Waals surface area contributed by atoms with Gasteiger partial charge in [-0.3, -0.25) is 0 Å². The van der Waals surface area contributed by atoms with Crippen LogP contribution >= 0.6 is 27.5 Å². The SMILES string of the molecule is CC(C)c1ccc(C(CN)Nc2ccc(Br)c(Cl)c2)cc1. The zero-order valence-corrected chi connectivity index (χ0v) is 14.6. The fourth-order valence-corrected chi connectivity index (χ4v) is 2.61. The standard InChI is InChI=1S/C17H20BrClN2/c1-11(2)12-3-5-13(6-4-12)17(10-20)21-14-7-8-15(18)16(19)9-14/h3-9,11,17,21H,10,20H2,1-2H3. The molecule has 0 bridgehead atoms. The molecule has 0 radical (unpaired) electrons. The zero-order valence-electron chi connectivity index (χ0n) is 12.2. The van der Waals surface area contributed by atoms with Crippen LogP contribution < -0.4 is 11.1 Å². The van der Waals surface area contributed by atoms with E-state index in [1.807, 2.05) is 18.2 Å². The van der Waals surface area contributed by atoms with E-state index in [1.54, 1.807) is 0 Å². The lowest BCUT2D eigenvalue weighted by atomic mass is 9.99. The van der Waals surface area contributed by atoms with Gasteiger partial charge in [-0.15, -0.1) is 0 Å². The first-order valence-electron chi connectivity index (χ1n) is 7.02. The quantitative estimate of drug-likeness (QED) is 0.748. The van der Waals surface area contributed by atoms with Crippen molar-refractivity contribution in [1.82, 2.24) is 0 Å². The smallest absolute Gasteiger partial charge is 0.0636 e. The van der Waals surface area contributed by atoms with E-state index in [4.69, 9.17) is 17.3 Å². The third kappa shape index (κ3) is 4.22. The maximum absolute atomic E-state index is 6.12. The van der Waals surface area contributed by atoms with Gasteiger partial charge in [-0.2, -0.15) is 0 Å². The molecule has 0 saturated heterocycles. The third-order valence-corrected chi connectivity index (χ3v) is 4.73. The fourth-order valence-electron chi connectivity index (χ4n) is 2.18. The Morgan fingerprint density at radius 2 is 1.71 bits per heavy atom. The predicted octanol–water partition coefficient (Wildman–Crippen LogP) is 5.34.